The molecule has 1 fully saturated rings. The SMILES string of the molecule is Cc1nc(C2CCCN(C(=O)c3cc(=O)c4ccccc4[nH]3)C2)cc(=O)[nH]1. The van der Waals surface area contributed by atoms with Crippen LogP contribution >= 0.6 is 0 Å². The zero-order valence-corrected chi connectivity index (χ0v) is 15.0. The molecule has 1 aliphatic heterocycles. The van der Waals surface area contributed by atoms with Gasteiger partial charge in [0.1, 0.15) is 11.5 Å². The van der Waals surface area contributed by atoms with Gasteiger partial charge in [0.25, 0.3) is 11.5 Å². The maximum atomic E-state index is 13.0. The van der Waals surface area contributed by atoms with Crippen molar-refractivity contribution in [2.24, 2.45) is 0 Å². The molecule has 0 radical (unpaired) electrons. The number of piperidine rings is 1. The fourth-order valence-electron chi connectivity index (χ4n) is 3.70. The van der Waals surface area contributed by atoms with E-state index in [1.54, 1.807) is 30.0 Å². The lowest BCUT2D eigenvalue weighted by Crippen LogP contribution is -2.40. The zero-order valence-electron chi connectivity index (χ0n) is 15.0. The highest BCUT2D eigenvalue weighted by Gasteiger charge is 2.27. The van der Waals surface area contributed by atoms with Gasteiger partial charge >= 0.3 is 0 Å². The van der Waals surface area contributed by atoms with Crippen LogP contribution in [-0.4, -0.2) is 38.8 Å². The molecule has 1 unspecified atom stereocenters. The lowest BCUT2D eigenvalue weighted by atomic mass is 9.94. The third-order valence-corrected chi connectivity index (χ3v) is 4.97. The Morgan fingerprint density at radius 3 is 2.81 bits per heavy atom. The lowest BCUT2D eigenvalue weighted by Gasteiger charge is -2.32. The number of H-pyrrole nitrogens is 2. The molecule has 27 heavy (non-hydrogen) atoms. The van der Waals surface area contributed by atoms with E-state index in [2.05, 4.69) is 15.0 Å². The Kier molecular flexibility index (Phi) is 4.35. The molecule has 0 bridgehead atoms. The summed E-state index contributed by atoms with van der Waals surface area (Å²) < 4.78 is 0. The van der Waals surface area contributed by atoms with Gasteiger partial charge in [-0.05, 0) is 31.9 Å². The van der Waals surface area contributed by atoms with Crippen molar-refractivity contribution in [2.45, 2.75) is 25.7 Å². The van der Waals surface area contributed by atoms with E-state index >= 15 is 0 Å². The largest absolute Gasteiger partial charge is 0.350 e. The first-order valence-corrected chi connectivity index (χ1v) is 9.00. The van der Waals surface area contributed by atoms with Crippen molar-refractivity contribution in [3.63, 3.8) is 0 Å². The van der Waals surface area contributed by atoms with E-state index in [-0.39, 0.29) is 28.5 Å². The number of para-hydroxylation sites is 1. The van der Waals surface area contributed by atoms with Crippen LogP contribution in [0.25, 0.3) is 10.9 Å². The lowest BCUT2D eigenvalue weighted by molar-refractivity contribution is 0.0700. The summed E-state index contributed by atoms with van der Waals surface area (Å²) >= 11 is 0. The van der Waals surface area contributed by atoms with E-state index in [0.29, 0.717) is 35.5 Å². The quantitative estimate of drug-likeness (QED) is 0.726. The number of fused-ring (bicyclic) bond motifs is 1. The number of nitrogens with one attached hydrogen (secondary N) is 2. The molecule has 0 saturated carbocycles. The Labute approximate surface area is 155 Å². The van der Waals surface area contributed by atoms with Crippen LogP contribution in [0, 0.1) is 6.92 Å². The molecule has 1 aromatic carbocycles. The Hall–Kier alpha value is -3.22. The second kappa shape index (κ2) is 6.83. The standard InChI is InChI=1S/C20H20N4O3/c1-12-21-16(10-19(26)22-12)13-5-4-8-24(11-13)20(27)17-9-18(25)14-6-2-3-7-15(14)23-17/h2-3,6-7,9-10,13H,4-5,8,11H2,1H3,(H,23,25)(H,21,22,26). The number of carbonyl (C=O) groups is 1. The van der Waals surface area contributed by atoms with Crippen molar-refractivity contribution in [1.29, 1.82) is 0 Å². The van der Waals surface area contributed by atoms with Crippen LogP contribution in [0.15, 0.2) is 46.0 Å². The van der Waals surface area contributed by atoms with Crippen LogP contribution < -0.4 is 11.0 Å². The topological polar surface area (TPSA) is 98.9 Å². The number of hydrogen-bond acceptors (Lipinski definition) is 4. The van der Waals surface area contributed by atoms with Crippen molar-refractivity contribution < 1.29 is 4.79 Å². The molecule has 0 aliphatic carbocycles. The van der Waals surface area contributed by atoms with Crippen LogP contribution in [0.5, 0.6) is 0 Å². The van der Waals surface area contributed by atoms with Gasteiger partial charge in [-0.2, -0.15) is 0 Å². The van der Waals surface area contributed by atoms with Gasteiger partial charge in [-0.15, -0.1) is 0 Å². The molecular weight excluding hydrogens is 344 g/mol. The number of aromatic nitrogens is 3. The fourth-order valence-corrected chi connectivity index (χ4v) is 3.70. The van der Waals surface area contributed by atoms with E-state index in [9.17, 15) is 14.4 Å². The number of likely N-dealkylation sites (tertiary alicyclic amines) is 1. The Morgan fingerprint density at radius 2 is 2.00 bits per heavy atom. The average Bonchev–Trinajstić information content (AvgIpc) is 2.67. The van der Waals surface area contributed by atoms with E-state index in [0.717, 1.165) is 12.8 Å². The van der Waals surface area contributed by atoms with Crippen molar-refractivity contribution in [3.8, 4) is 0 Å². The number of benzene rings is 1. The third-order valence-electron chi connectivity index (χ3n) is 4.97. The molecule has 0 spiro atoms. The van der Waals surface area contributed by atoms with Crippen LogP contribution in [0.2, 0.25) is 0 Å². The summed E-state index contributed by atoms with van der Waals surface area (Å²) in [5, 5.41) is 0.564. The smallest absolute Gasteiger partial charge is 0.270 e. The first kappa shape index (κ1) is 17.2. The van der Waals surface area contributed by atoms with Gasteiger partial charge < -0.3 is 14.9 Å². The molecule has 4 rings (SSSR count). The van der Waals surface area contributed by atoms with Crippen LogP contribution in [0.4, 0.5) is 0 Å². The number of rotatable bonds is 2. The predicted molar refractivity (Wildman–Crippen MR) is 102 cm³/mol. The fraction of sp³-hybridized carbons (Fsp3) is 0.300. The first-order valence-electron chi connectivity index (χ1n) is 9.00. The molecule has 3 heterocycles. The van der Waals surface area contributed by atoms with Gasteiger partial charge in [-0.1, -0.05) is 12.1 Å². The summed E-state index contributed by atoms with van der Waals surface area (Å²) in [7, 11) is 0. The first-order chi connectivity index (χ1) is 13.0. The van der Waals surface area contributed by atoms with E-state index in [4.69, 9.17) is 0 Å². The minimum absolute atomic E-state index is 0.0101. The summed E-state index contributed by atoms with van der Waals surface area (Å²) in [6.45, 7) is 2.84. The highest BCUT2D eigenvalue weighted by Crippen LogP contribution is 2.25. The average molecular weight is 364 g/mol. The molecule has 3 aromatic rings. The van der Waals surface area contributed by atoms with Gasteiger partial charge in [-0.3, -0.25) is 14.4 Å². The van der Waals surface area contributed by atoms with Gasteiger partial charge in [0, 0.05) is 42.0 Å². The van der Waals surface area contributed by atoms with Gasteiger partial charge in [-0.25, -0.2) is 4.98 Å². The van der Waals surface area contributed by atoms with Gasteiger partial charge in [0.2, 0.25) is 0 Å². The van der Waals surface area contributed by atoms with Crippen LogP contribution in [-0.2, 0) is 0 Å². The molecule has 2 aromatic heterocycles. The number of aryl methyl sites for hydroxylation is 1. The van der Waals surface area contributed by atoms with Crippen molar-refractivity contribution in [3.05, 3.63) is 74.2 Å². The Morgan fingerprint density at radius 1 is 1.19 bits per heavy atom. The van der Waals surface area contributed by atoms with E-state index < -0.39 is 0 Å². The molecule has 1 saturated heterocycles. The monoisotopic (exact) mass is 364 g/mol. The van der Waals surface area contributed by atoms with Crippen LogP contribution in [0.1, 0.15) is 40.8 Å². The molecule has 7 nitrogen and oxygen atoms in total. The maximum absolute atomic E-state index is 13.0. The Bertz CT molecular complexity index is 1130. The zero-order chi connectivity index (χ0) is 19.0. The summed E-state index contributed by atoms with van der Waals surface area (Å²) in [5.41, 5.74) is 1.29. The molecule has 2 N–H and O–H groups in total. The molecular formula is C20H20N4O3. The van der Waals surface area contributed by atoms with Gasteiger partial charge in [0.05, 0.1) is 5.69 Å². The normalized spacial score (nSPS) is 17.2. The van der Waals surface area contributed by atoms with E-state index in [1.807, 2.05) is 6.07 Å². The van der Waals surface area contributed by atoms with Crippen LogP contribution in [0.3, 0.4) is 0 Å². The molecule has 1 atom stereocenters. The number of nitrogens with zero attached hydrogens (tertiary/aromatic N) is 2. The van der Waals surface area contributed by atoms with Crippen molar-refractivity contribution in [2.75, 3.05) is 13.1 Å². The molecule has 7 heteroatoms. The second-order valence-electron chi connectivity index (χ2n) is 6.94. The van der Waals surface area contributed by atoms with Crippen molar-refractivity contribution in [1.82, 2.24) is 19.9 Å². The summed E-state index contributed by atoms with van der Waals surface area (Å²) in [5.74, 6) is 0.375. The molecule has 1 amide bonds. The summed E-state index contributed by atoms with van der Waals surface area (Å²) in [6, 6.07) is 10.0. The number of amides is 1. The highest BCUT2D eigenvalue weighted by atomic mass is 16.2. The Balaban J connectivity index is 1.62. The van der Waals surface area contributed by atoms with Crippen molar-refractivity contribution >= 4 is 16.8 Å². The predicted octanol–water partition coefficient (Wildman–Crippen LogP) is 1.94. The number of hydrogen-bond donors (Lipinski definition) is 2. The second-order valence-corrected chi connectivity index (χ2v) is 6.94. The third kappa shape index (κ3) is 3.40. The van der Waals surface area contributed by atoms with E-state index in [1.165, 1.54) is 12.1 Å². The minimum Gasteiger partial charge on any atom is -0.350 e. The maximum Gasteiger partial charge on any atom is 0.270 e. The number of pyridine rings is 1. The molecule has 1 aliphatic rings. The molecule has 138 valence electrons. The highest BCUT2D eigenvalue weighted by molar-refractivity contribution is 5.95. The summed E-state index contributed by atoms with van der Waals surface area (Å²) in [4.78, 5) is 48.9. The number of aromatic amines is 2. The summed E-state index contributed by atoms with van der Waals surface area (Å²) in [6.07, 6.45) is 1.69. The minimum atomic E-state index is -0.205. The van der Waals surface area contributed by atoms with Gasteiger partial charge in [0.15, 0.2) is 5.43 Å². The number of carbonyl (C=O) groups excluding carboxylic acids is 1.